The number of thioether (sulfide) groups is 1. The molecule has 0 aliphatic rings. The Kier molecular flexibility index (Phi) is 6.61. The molecule has 0 radical (unpaired) electrons. The fraction of sp³-hybridized carbons (Fsp3) is 0.250. The first-order chi connectivity index (χ1) is 14.0. The van der Waals surface area contributed by atoms with E-state index in [-0.39, 0.29) is 29.6 Å². The zero-order chi connectivity index (χ0) is 20.8. The number of anilines is 1. The molecule has 0 aliphatic heterocycles. The second-order valence-corrected chi connectivity index (χ2v) is 7.09. The molecule has 0 saturated heterocycles. The van der Waals surface area contributed by atoms with Gasteiger partial charge in [0.15, 0.2) is 11.0 Å². The molecule has 3 aromatic rings. The van der Waals surface area contributed by atoms with E-state index in [4.69, 9.17) is 4.74 Å². The van der Waals surface area contributed by atoms with E-state index in [0.29, 0.717) is 10.8 Å². The summed E-state index contributed by atoms with van der Waals surface area (Å²) in [5.74, 6) is -0.497. The van der Waals surface area contributed by atoms with Crippen LogP contribution in [0.15, 0.2) is 47.8 Å². The SMILES string of the molecule is CCOC(=O)c1cnn(-c2ccccc2)c1NC(=O)CSc1nc(C)cc(C)n1. The van der Waals surface area contributed by atoms with E-state index >= 15 is 0 Å². The number of aryl methyl sites for hydroxylation is 2. The molecule has 1 amide bonds. The Bertz CT molecular complexity index is 1000. The zero-order valence-corrected chi connectivity index (χ0v) is 17.2. The molecule has 2 heterocycles. The normalized spacial score (nSPS) is 10.6. The predicted octanol–water partition coefficient (Wildman–Crippen LogP) is 3.19. The summed E-state index contributed by atoms with van der Waals surface area (Å²) in [5, 5.41) is 7.56. The van der Waals surface area contributed by atoms with Gasteiger partial charge in [-0.1, -0.05) is 30.0 Å². The molecule has 8 nitrogen and oxygen atoms in total. The smallest absolute Gasteiger partial charge is 0.343 e. The molecule has 0 fully saturated rings. The number of ether oxygens (including phenoxy) is 1. The molecule has 0 aliphatic carbocycles. The number of nitrogens with one attached hydrogen (secondary N) is 1. The lowest BCUT2D eigenvalue weighted by Crippen LogP contribution is -2.19. The van der Waals surface area contributed by atoms with Crippen LogP contribution in [0, 0.1) is 13.8 Å². The average molecular weight is 411 g/mol. The lowest BCUT2D eigenvalue weighted by Gasteiger charge is -2.11. The van der Waals surface area contributed by atoms with Crippen LogP contribution in [0.5, 0.6) is 0 Å². The monoisotopic (exact) mass is 411 g/mol. The number of esters is 1. The van der Waals surface area contributed by atoms with E-state index in [9.17, 15) is 9.59 Å². The highest BCUT2D eigenvalue weighted by molar-refractivity contribution is 7.99. The number of benzene rings is 1. The van der Waals surface area contributed by atoms with E-state index in [1.807, 2.05) is 50.2 Å². The molecule has 0 atom stereocenters. The van der Waals surface area contributed by atoms with Crippen LogP contribution in [0.3, 0.4) is 0 Å². The molecule has 1 N–H and O–H groups in total. The van der Waals surface area contributed by atoms with Crippen LogP contribution in [0.1, 0.15) is 28.7 Å². The van der Waals surface area contributed by atoms with Crippen LogP contribution < -0.4 is 5.32 Å². The number of nitrogens with zero attached hydrogens (tertiary/aromatic N) is 4. The van der Waals surface area contributed by atoms with E-state index in [1.54, 1.807) is 6.92 Å². The van der Waals surface area contributed by atoms with Crippen molar-refractivity contribution in [3.63, 3.8) is 0 Å². The molecule has 2 aromatic heterocycles. The Morgan fingerprint density at radius 2 is 1.83 bits per heavy atom. The summed E-state index contributed by atoms with van der Waals surface area (Å²) in [7, 11) is 0. The summed E-state index contributed by atoms with van der Waals surface area (Å²) in [6.45, 7) is 5.70. The maximum atomic E-state index is 12.6. The summed E-state index contributed by atoms with van der Waals surface area (Å²) in [5.41, 5.74) is 2.58. The van der Waals surface area contributed by atoms with Gasteiger partial charge < -0.3 is 10.1 Å². The van der Waals surface area contributed by atoms with Crippen molar-refractivity contribution in [1.29, 1.82) is 0 Å². The molecule has 150 valence electrons. The van der Waals surface area contributed by atoms with Crippen molar-refractivity contribution >= 4 is 29.5 Å². The van der Waals surface area contributed by atoms with Gasteiger partial charge in [0, 0.05) is 11.4 Å². The maximum Gasteiger partial charge on any atom is 0.343 e. The van der Waals surface area contributed by atoms with Gasteiger partial charge in [-0.3, -0.25) is 4.79 Å². The Balaban J connectivity index is 1.81. The number of rotatable bonds is 7. The number of carbonyl (C=O) groups is 2. The molecule has 0 unspecified atom stereocenters. The van der Waals surface area contributed by atoms with E-state index in [0.717, 1.165) is 11.4 Å². The first-order valence-corrected chi connectivity index (χ1v) is 10.0. The highest BCUT2D eigenvalue weighted by atomic mass is 32.2. The third-order valence-electron chi connectivity index (χ3n) is 3.82. The van der Waals surface area contributed by atoms with Gasteiger partial charge in [-0.25, -0.2) is 19.4 Å². The third-order valence-corrected chi connectivity index (χ3v) is 4.66. The quantitative estimate of drug-likeness (QED) is 0.362. The Morgan fingerprint density at radius 1 is 1.14 bits per heavy atom. The number of aromatic nitrogens is 4. The van der Waals surface area contributed by atoms with Gasteiger partial charge in [0.05, 0.1) is 24.2 Å². The topological polar surface area (TPSA) is 99.0 Å². The second-order valence-electron chi connectivity index (χ2n) is 6.14. The Hall–Kier alpha value is -3.20. The van der Waals surface area contributed by atoms with Gasteiger partial charge in [0.25, 0.3) is 0 Å². The number of amides is 1. The van der Waals surface area contributed by atoms with Gasteiger partial charge in [0.2, 0.25) is 5.91 Å². The van der Waals surface area contributed by atoms with Crippen LogP contribution >= 0.6 is 11.8 Å². The molecule has 0 spiro atoms. The minimum absolute atomic E-state index is 0.0884. The van der Waals surface area contributed by atoms with Gasteiger partial charge in [-0.05, 0) is 39.0 Å². The van der Waals surface area contributed by atoms with E-state index < -0.39 is 5.97 Å². The number of para-hydroxylation sites is 1. The van der Waals surface area contributed by atoms with Crippen LogP contribution in [-0.2, 0) is 9.53 Å². The van der Waals surface area contributed by atoms with Crippen molar-refractivity contribution in [2.75, 3.05) is 17.7 Å². The van der Waals surface area contributed by atoms with E-state index in [1.165, 1.54) is 22.6 Å². The lowest BCUT2D eigenvalue weighted by atomic mass is 10.3. The Labute approximate surface area is 172 Å². The summed E-state index contributed by atoms with van der Waals surface area (Å²) in [6.07, 6.45) is 1.39. The highest BCUT2D eigenvalue weighted by Gasteiger charge is 2.21. The molecular formula is C20H21N5O3S. The summed E-state index contributed by atoms with van der Waals surface area (Å²) in [6, 6.07) is 11.1. The van der Waals surface area contributed by atoms with Crippen molar-refractivity contribution in [3.05, 3.63) is 59.5 Å². The minimum atomic E-state index is -0.546. The number of carbonyl (C=O) groups excluding carboxylic acids is 2. The molecule has 29 heavy (non-hydrogen) atoms. The third kappa shape index (κ3) is 5.20. The summed E-state index contributed by atoms with van der Waals surface area (Å²) in [4.78, 5) is 33.5. The van der Waals surface area contributed by atoms with Gasteiger partial charge in [-0.2, -0.15) is 5.10 Å². The minimum Gasteiger partial charge on any atom is -0.462 e. The molecule has 0 bridgehead atoms. The number of hydrogen-bond donors (Lipinski definition) is 1. The van der Waals surface area contributed by atoms with Crippen LogP contribution in [0.25, 0.3) is 5.69 Å². The highest BCUT2D eigenvalue weighted by Crippen LogP contribution is 2.22. The van der Waals surface area contributed by atoms with Crippen molar-refractivity contribution in [2.45, 2.75) is 25.9 Å². The first kappa shape index (κ1) is 20.5. The Morgan fingerprint density at radius 3 is 2.48 bits per heavy atom. The molecule has 9 heteroatoms. The molecule has 1 aromatic carbocycles. The zero-order valence-electron chi connectivity index (χ0n) is 16.4. The lowest BCUT2D eigenvalue weighted by molar-refractivity contribution is -0.113. The fourth-order valence-electron chi connectivity index (χ4n) is 2.65. The average Bonchev–Trinajstić information content (AvgIpc) is 3.10. The van der Waals surface area contributed by atoms with Crippen molar-refractivity contribution in [3.8, 4) is 5.69 Å². The van der Waals surface area contributed by atoms with Crippen molar-refractivity contribution < 1.29 is 14.3 Å². The predicted molar refractivity (Wildman–Crippen MR) is 110 cm³/mol. The van der Waals surface area contributed by atoms with Gasteiger partial charge in [-0.15, -0.1) is 0 Å². The van der Waals surface area contributed by atoms with E-state index in [2.05, 4.69) is 20.4 Å². The van der Waals surface area contributed by atoms with Crippen LogP contribution in [-0.4, -0.2) is 44.0 Å². The summed E-state index contributed by atoms with van der Waals surface area (Å²) >= 11 is 1.22. The van der Waals surface area contributed by atoms with Crippen LogP contribution in [0.2, 0.25) is 0 Å². The van der Waals surface area contributed by atoms with Crippen molar-refractivity contribution in [1.82, 2.24) is 19.7 Å². The second kappa shape index (κ2) is 9.33. The fourth-order valence-corrected chi connectivity index (χ4v) is 3.40. The standard InChI is InChI=1S/C20H21N5O3S/c1-4-28-19(27)16-11-21-25(15-8-6-5-7-9-15)18(16)24-17(26)12-29-20-22-13(2)10-14(3)23-20/h5-11H,4,12H2,1-3H3,(H,24,26). The molecular weight excluding hydrogens is 390 g/mol. The molecule has 0 saturated carbocycles. The van der Waals surface area contributed by atoms with Crippen LogP contribution in [0.4, 0.5) is 5.82 Å². The number of hydrogen-bond acceptors (Lipinski definition) is 7. The van der Waals surface area contributed by atoms with Gasteiger partial charge in [0.1, 0.15) is 5.56 Å². The van der Waals surface area contributed by atoms with Gasteiger partial charge >= 0.3 is 5.97 Å². The largest absolute Gasteiger partial charge is 0.462 e. The maximum absolute atomic E-state index is 12.6. The molecule has 3 rings (SSSR count). The van der Waals surface area contributed by atoms with Crippen molar-refractivity contribution in [2.24, 2.45) is 0 Å². The summed E-state index contributed by atoms with van der Waals surface area (Å²) < 4.78 is 6.59. The first-order valence-electron chi connectivity index (χ1n) is 9.03.